The molecule has 0 amide bonds. The van der Waals surface area contributed by atoms with Crippen LogP contribution in [0.15, 0.2) is 5.34 Å². The summed E-state index contributed by atoms with van der Waals surface area (Å²) in [5.41, 5.74) is 2.36. The summed E-state index contributed by atoms with van der Waals surface area (Å²) in [6.45, 7) is 2.73. The van der Waals surface area contributed by atoms with Crippen molar-refractivity contribution in [2.45, 2.75) is 19.8 Å². The molecule has 48 valence electrons. The third-order valence-corrected chi connectivity index (χ3v) is 0.734. The van der Waals surface area contributed by atoms with E-state index in [4.69, 9.17) is 0 Å². The molecule has 0 atom stereocenters. The minimum absolute atomic E-state index is 0.683. The Morgan fingerprint density at radius 1 is 1.75 bits per heavy atom. The van der Waals surface area contributed by atoms with Crippen molar-refractivity contribution in [3.05, 3.63) is 4.91 Å². The molecule has 0 spiro atoms. The summed E-state index contributed by atoms with van der Waals surface area (Å²) < 4.78 is 0. The molecule has 0 aromatic rings. The first kappa shape index (κ1) is 7.36. The summed E-state index contributed by atoms with van der Waals surface area (Å²) in [7, 11) is 0. The van der Waals surface area contributed by atoms with Crippen LogP contribution in [0.5, 0.6) is 0 Å². The van der Waals surface area contributed by atoms with Gasteiger partial charge in [0.2, 0.25) is 0 Å². The Labute approximate surface area is 48.1 Å². The summed E-state index contributed by atoms with van der Waals surface area (Å²) >= 11 is 0. The van der Waals surface area contributed by atoms with Crippen LogP contribution in [-0.2, 0) is 4.94 Å². The highest BCUT2D eigenvalue weighted by Crippen LogP contribution is 1.81. The van der Waals surface area contributed by atoms with Gasteiger partial charge in [-0.05, 0) is 6.42 Å². The van der Waals surface area contributed by atoms with Gasteiger partial charge in [-0.25, -0.2) is 0 Å². The monoisotopic (exact) mass is 118 g/mol. The third-order valence-electron chi connectivity index (χ3n) is 0.734. The van der Waals surface area contributed by atoms with Crippen molar-refractivity contribution in [2.75, 3.05) is 6.54 Å². The lowest BCUT2D eigenvalue weighted by atomic mass is 10.3. The number of rotatable bonds is 5. The second-order valence-electron chi connectivity index (χ2n) is 1.41. The average Bonchev–Trinajstić information content (AvgIpc) is 1.81. The zero-order chi connectivity index (χ0) is 6.24. The van der Waals surface area contributed by atoms with E-state index in [9.17, 15) is 4.91 Å². The summed E-state index contributed by atoms with van der Waals surface area (Å²) in [5, 5.41) is 2.15. The third kappa shape index (κ3) is 5.36. The second kappa shape index (κ2) is 6.36. The Bertz CT molecular complexity index is 58.0. The number of nitrogens with one attached hydrogen (secondary N) is 1. The standard InChI is InChI=1S/C4H10N2O2/c1-2-3-4-5-8-6-7/h5H,2-4H2,1H3. The van der Waals surface area contributed by atoms with E-state index in [0.29, 0.717) is 6.54 Å². The summed E-state index contributed by atoms with van der Waals surface area (Å²) in [6, 6.07) is 0. The first-order valence-electron chi connectivity index (χ1n) is 2.63. The van der Waals surface area contributed by atoms with Crippen LogP contribution in [0.3, 0.4) is 0 Å². The highest BCUT2D eigenvalue weighted by molar-refractivity contribution is 4.32. The van der Waals surface area contributed by atoms with Gasteiger partial charge < -0.3 is 0 Å². The fourth-order valence-corrected chi connectivity index (χ4v) is 0.321. The van der Waals surface area contributed by atoms with Gasteiger partial charge in [-0.2, -0.15) is 0 Å². The Morgan fingerprint density at radius 3 is 3.00 bits per heavy atom. The molecule has 8 heavy (non-hydrogen) atoms. The lowest BCUT2D eigenvalue weighted by molar-refractivity contribution is 0.0423. The van der Waals surface area contributed by atoms with Crippen molar-refractivity contribution in [3.8, 4) is 0 Å². The van der Waals surface area contributed by atoms with E-state index in [-0.39, 0.29) is 0 Å². The number of hydrogen-bond acceptors (Lipinski definition) is 4. The predicted molar refractivity (Wildman–Crippen MR) is 29.8 cm³/mol. The lowest BCUT2D eigenvalue weighted by Gasteiger charge is -1.93. The topological polar surface area (TPSA) is 50.7 Å². The van der Waals surface area contributed by atoms with Gasteiger partial charge in [0.1, 0.15) is 0 Å². The summed E-state index contributed by atoms with van der Waals surface area (Å²) in [5.74, 6) is 0. The van der Waals surface area contributed by atoms with Crippen LogP contribution in [0.1, 0.15) is 19.8 Å². The highest BCUT2D eigenvalue weighted by atomic mass is 16.8. The quantitative estimate of drug-likeness (QED) is 0.332. The van der Waals surface area contributed by atoms with Gasteiger partial charge in [-0.15, -0.1) is 10.4 Å². The van der Waals surface area contributed by atoms with Crippen molar-refractivity contribution in [3.63, 3.8) is 0 Å². The fourth-order valence-electron chi connectivity index (χ4n) is 0.321. The molecule has 0 aliphatic carbocycles. The molecule has 0 saturated heterocycles. The largest absolute Gasteiger partial charge is 0.263 e. The molecule has 0 aliphatic rings. The molecule has 0 fully saturated rings. The molecule has 0 heterocycles. The van der Waals surface area contributed by atoms with Crippen LogP contribution >= 0.6 is 0 Å². The Morgan fingerprint density at radius 2 is 2.50 bits per heavy atom. The first-order valence-corrected chi connectivity index (χ1v) is 2.63. The molecule has 0 aliphatic heterocycles. The Hall–Kier alpha value is -0.640. The van der Waals surface area contributed by atoms with Gasteiger partial charge >= 0.3 is 0 Å². The van der Waals surface area contributed by atoms with Crippen LogP contribution in [0.25, 0.3) is 0 Å². The van der Waals surface area contributed by atoms with E-state index < -0.39 is 0 Å². The maximum Gasteiger partial charge on any atom is 0.176 e. The molecular weight excluding hydrogens is 108 g/mol. The molecule has 0 rings (SSSR count). The van der Waals surface area contributed by atoms with Gasteiger partial charge in [0.15, 0.2) is 5.34 Å². The molecule has 0 bridgehead atoms. The van der Waals surface area contributed by atoms with Crippen LogP contribution < -0.4 is 5.48 Å². The minimum Gasteiger partial charge on any atom is -0.263 e. The number of hydroxylamine groups is 1. The average molecular weight is 118 g/mol. The van der Waals surface area contributed by atoms with E-state index in [1.807, 2.05) is 0 Å². The van der Waals surface area contributed by atoms with Gasteiger partial charge in [0.25, 0.3) is 0 Å². The fraction of sp³-hybridized carbons (Fsp3) is 1.00. The van der Waals surface area contributed by atoms with Crippen molar-refractivity contribution in [1.82, 2.24) is 5.48 Å². The van der Waals surface area contributed by atoms with E-state index in [1.54, 1.807) is 0 Å². The smallest absolute Gasteiger partial charge is 0.176 e. The maximum atomic E-state index is 9.23. The number of nitrogens with zero attached hydrogens (tertiary/aromatic N) is 1. The van der Waals surface area contributed by atoms with Crippen LogP contribution in [-0.4, -0.2) is 6.54 Å². The Kier molecular flexibility index (Phi) is 5.85. The summed E-state index contributed by atoms with van der Waals surface area (Å²) in [4.78, 5) is 13.2. The van der Waals surface area contributed by atoms with E-state index in [2.05, 4.69) is 22.7 Å². The molecule has 0 saturated carbocycles. The van der Waals surface area contributed by atoms with Crippen molar-refractivity contribution < 1.29 is 4.94 Å². The van der Waals surface area contributed by atoms with Crippen molar-refractivity contribution in [1.29, 1.82) is 0 Å². The minimum atomic E-state index is 0.683. The van der Waals surface area contributed by atoms with Crippen molar-refractivity contribution >= 4 is 0 Å². The molecule has 0 unspecified atom stereocenters. The highest BCUT2D eigenvalue weighted by Gasteiger charge is 1.81. The normalized spacial score (nSPS) is 8.62. The van der Waals surface area contributed by atoms with Crippen LogP contribution in [0.2, 0.25) is 0 Å². The van der Waals surface area contributed by atoms with Gasteiger partial charge in [0, 0.05) is 6.54 Å². The van der Waals surface area contributed by atoms with E-state index >= 15 is 0 Å². The molecule has 0 radical (unpaired) electrons. The maximum absolute atomic E-state index is 9.23. The van der Waals surface area contributed by atoms with Gasteiger partial charge in [-0.1, -0.05) is 13.3 Å². The second-order valence-corrected chi connectivity index (χ2v) is 1.41. The lowest BCUT2D eigenvalue weighted by Crippen LogP contribution is -2.11. The SMILES string of the molecule is CCCCNON=O. The van der Waals surface area contributed by atoms with Gasteiger partial charge in [-0.3, -0.25) is 4.94 Å². The molecule has 4 heteroatoms. The molecule has 0 aromatic carbocycles. The molecular formula is C4H10N2O2. The first-order chi connectivity index (χ1) is 3.91. The van der Waals surface area contributed by atoms with Crippen LogP contribution in [0, 0.1) is 4.91 Å². The molecule has 4 nitrogen and oxygen atoms in total. The number of hydrogen-bond donors (Lipinski definition) is 1. The van der Waals surface area contributed by atoms with Gasteiger partial charge in [0.05, 0.1) is 0 Å². The van der Waals surface area contributed by atoms with Crippen molar-refractivity contribution in [2.24, 2.45) is 5.34 Å². The zero-order valence-corrected chi connectivity index (χ0v) is 4.89. The molecule has 1 N–H and O–H groups in total. The molecule has 0 aromatic heterocycles. The predicted octanol–water partition coefficient (Wildman–Crippen LogP) is 0.989. The van der Waals surface area contributed by atoms with E-state index in [1.165, 1.54) is 0 Å². The number of unbranched alkanes of at least 4 members (excludes halogenated alkanes) is 1. The zero-order valence-electron chi connectivity index (χ0n) is 4.89. The Balaban J connectivity index is 2.62. The van der Waals surface area contributed by atoms with E-state index in [0.717, 1.165) is 12.8 Å². The van der Waals surface area contributed by atoms with Crippen LogP contribution in [0.4, 0.5) is 0 Å². The summed E-state index contributed by atoms with van der Waals surface area (Å²) in [6.07, 6.45) is 2.07.